The van der Waals surface area contributed by atoms with Gasteiger partial charge in [0.15, 0.2) is 0 Å². The Labute approximate surface area is 125 Å². The summed E-state index contributed by atoms with van der Waals surface area (Å²) < 4.78 is 0. The Morgan fingerprint density at radius 2 is 1.11 bits per heavy atom. The lowest BCUT2D eigenvalue weighted by Gasteiger charge is -2.20. The zero-order valence-electron chi connectivity index (χ0n) is 11.2. The maximum absolute atomic E-state index is 5.97. The van der Waals surface area contributed by atoms with Crippen molar-refractivity contribution in [3.8, 4) is 0 Å². The van der Waals surface area contributed by atoms with Gasteiger partial charge in [0.2, 0.25) is 0 Å². The van der Waals surface area contributed by atoms with Crippen molar-refractivity contribution in [2.75, 3.05) is 0 Å². The predicted molar refractivity (Wildman–Crippen MR) is 84.2 cm³/mol. The molecular weight excluding hydrogens is 275 g/mol. The van der Waals surface area contributed by atoms with Crippen LogP contribution in [-0.4, -0.2) is 0 Å². The van der Waals surface area contributed by atoms with Gasteiger partial charge in [-0.2, -0.15) is 0 Å². The minimum Gasteiger partial charge on any atom is -0.0843 e. The molecule has 0 unspecified atom stereocenters. The molecule has 2 heteroatoms. The van der Waals surface area contributed by atoms with Gasteiger partial charge in [-0.1, -0.05) is 61.3 Å². The number of rotatable bonds is 4. The number of hydrogen-bond acceptors (Lipinski definition) is 0. The Morgan fingerprint density at radius 3 is 1.42 bits per heavy atom. The molecule has 100 valence electrons. The molecule has 2 aromatic carbocycles. The highest BCUT2D eigenvalue weighted by Gasteiger charge is 2.15. The summed E-state index contributed by atoms with van der Waals surface area (Å²) in [6.45, 7) is 4.50. The van der Waals surface area contributed by atoms with E-state index in [1.807, 2.05) is 24.3 Å². The van der Waals surface area contributed by atoms with E-state index < -0.39 is 0 Å². The van der Waals surface area contributed by atoms with E-state index in [9.17, 15) is 0 Å². The Bertz CT molecular complexity index is 466. The highest BCUT2D eigenvalue weighted by atomic mass is 35.5. The normalized spacial score (nSPS) is 11.3. The minimum absolute atomic E-state index is 0.398. The second kappa shape index (κ2) is 6.45. The van der Waals surface area contributed by atoms with Crippen molar-refractivity contribution >= 4 is 23.2 Å². The molecule has 0 amide bonds. The van der Waals surface area contributed by atoms with Gasteiger partial charge in [-0.3, -0.25) is 0 Å². The largest absolute Gasteiger partial charge is 0.0843 e. The van der Waals surface area contributed by atoms with Crippen LogP contribution in [0.3, 0.4) is 0 Å². The third-order valence-electron chi connectivity index (χ3n) is 3.25. The van der Waals surface area contributed by atoms with Crippen molar-refractivity contribution in [3.63, 3.8) is 0 Å². The molecule has 19 heavy (non-hydrogen) atoms. The van der Waals surface area contributed by atoms with E-state index in [1.54, 1.807) is 0 Å². The van der Waals surface area contributed by atoms with Crippen LogP contribution in [0.1, 0.15) is 37.3 Å². The van der Waals surface area contributed by atoms with E-state index in [1.165, 1.54) is 11.1 Å². The molecule has 2 aromatic rings. The van der Waals surface area contributed by atoms with E-state index >= 15 is 0 Å². The third-order valence-corrected chi connectivity index (χ3v) is 3.76. The summed E-state index contributed by atoms with van der Waals surface area (Å²) in [4.78, 5) is 0. The summed E-state index contributed by atoms with van der Waals surface area (Å²) in [7, 11) is 0. The number of benzene rings is 2. The molecule has 0 atom stereocenters. The van der Waals surface area contributed by atoms with E-state index in [0.717, 1.165) is 16.5 Å². The van der Waals surface area contributed by atoms with Crippen LogP contribution in [0.2, 0.25) is 10.0 Å². The number of halogens is 2. The van der Waals surface area contributed by atoms with Crippen molar-refractivity contribution in [2.45, 2.75) is 26.2 Å². The molecule has 0 saturated carbocycles. The Balaban J connectivity index is 2.35. The first-order chi connectivity index (χ1) is 9.06. The van der Waals surface area contributed by atoms with Crippen LogP contribution in [0.4, 0.5) is 0 Å². The summed E-state index contributed by atoms with van der Waals surface area (Å²) in [5.74, 6) is 1.03. The van der Waals surface area contributed by atoms with Crippen LogP contribution < -0.4 is 0 Å². The van der Waals surface area contributed by atoms with Gasteiger partial charge in [0.05, 0.1) is 0 Å². The maximum atomic E-state index is 5.97. The molecule has 0 bridgehead atoms. The standard InChI is InChI=1S/C17H18Cl2/c1-12(2)11-17(13-3-7-15(18)8-4-13)14-5-9-16(19)10-6-14/h3-10,12,17H,11H2,1-2H3. The van der Waals surface area contributed by atoms with Gasteiger partial charge >= 0.3 is 0 Å². The molecule has 0 aliphatic carbocycles. The average Bonchev–Trinajstić information content (AvgIpc) is 2.38. The summed E-state index contributed by atoms with van der Waals surface area (Å²) >= 11 is 11.9. The molecule has 0 spiro atoms. The fourth-order valence-corrected chi connectivity index (χ4v) is 2.58. The van der Waals surface area contributed by atoms with Crippen molar-refractivity contribution in [3.05, 3.63) is 69.7 Å². The quantitative estimate of drug-likeness (QED) is 0.632. The molecule has 0 aromatic heterocycles. The minimum atomic E-state index is 0.398. The van der Waals surface area contributed by atoms with Crippen LogP contribution in [0, 0.1) is 5.92 Å². The molecular formula is C17H18Cl2. The zero-order valence-corrected chi connectivity index (χ0v) is 12.7. The molecule has 0 nitrogen and oxygen atoms in total. The second-order valence-electron chi connectivity index (χ2n) is 5.29. The molecule has 0 heterocycles. The van der Waals surface area contributed by atoms with Crippen LogP contribution in [-0.2, 0) is 0 Å². The van der Waals surface area contributed by atoms with E-state index in [4.69, 9.17) is 23.2 Å². The third kappa shape index (κ3) is 3.99. The lowest BCUT2D eigenvalue weighted by Crippen LogP contribution is -2.05. The topological polar surface area (TPSA) is 0 Å². The SMILES string of the molecule is CC(C)CC(c1ccc(Cl)cc1)c1ccc(Cl)cc1. The summed E-state index contributed by atoms with van der Waals surface area (Å²) in [6, 6.07) is 16.3. The molecule has 0 N–H and O–H groups in total. The van der Waals surface area contributed by atoms with Crippen molar-refractivity contribution in [1.29, 1.82) is 0 Å². The summed E-state index contributed by atoms with van der Waals surface area (Å²) in [5.41, 5.74) is 2.61. The van der Waals surface area contributed by atoms with Crippen LogP contribution in [0.15, 0.2) is 48.5 Å². The van der Waals surface area contributed by atoms with Gasteiger partial charge < -0.3 is 0 Å². The van der Waals surface area contributed by atoms with Crippen LogP contribution in [0.25, 0.3) is 0 Å². The monoisotopic (exact) mass is 292 g/mol. The lowest BCUT2D eigenvalue weighted by atomic mass is 9.85. The van der Waals surface area contributed by atoms with Crippen LogP contribution in [0.5, 0.6) is 0 Å². The number of hydrogen-bond donors (Lipinski definition) is 0. The van der Waals surface area contributed by atoms with Gasteiger partial charge in [-0.05, 0) is 47.7 Å². The maximum Gasteiger partial charge on any atom is 0.0406 e. The fourth-order valence-electron chi connectivity index (χ4n) is 2.33. The Hall–Kier alpha value is -0.980. The molecule has 0 saturated heterocycles. The molecule has 0 fully saturated rings. The van der Waals surface area contributed by atoms with Gasteiger partial charge in [-0.15, -0.1) is 0 Å². The lowest BCUT2D eigenvalue weighted by molar-refractivity contribution is 0.541. The van der Waals surface area contributed by atoms with E-state index in [0.29, 0.717) is 11.8 Å². The molecule has 2 rings (SSSR count). The van der Waals surface area contributed by atoms with Gasteiger partial charge in [0.25, 0.3) is 0 Å². The highest BCUT2D eigenvalue weighted by molar-refractivity contribution is 6.30. The Kier molecular flexibility index (Phi) is 4.90. The highest BCUT2D eigenvalue weighted by Crippen LogP contribution is 2.32. The van der Waals surface area contributed by atoms with Crippen LogP contribution >= 0.6 is 23.2 Å². The zero-order chi connectivity index (χ0) is 13.8. The van der Waals surface area contributed by atoms with Gasteiger partial charge in [0, 0.05) is 16.0 Å². The summed E-state index contributed by atoms with van der Waals surface area (Å²) in [6.07, 6.45) is 1.11. The first kappa shape index (κ1) is 14.4. The predicted octanol–water partition coefficient (Wildman–Crippen LogP) is 6.17. The molecule has 0 aliphatic heterocycles. The fraction of sp³-hybridized carbons (Fsp3) is 0.294. The molecule has 0 radical (unpaired) electrons. The average molecular weight is 293 g/mol. The van der Waals surface area contributed by atoms with Gasteiger partial charge in [-0.25, -0.2) is 0 Å². The molecule has 0 aliphatic rings. The van der Waals surface area contributed by atoms with E-state index in [2.05, 4.69) is 38.1 Å². The van der Waals surface area contributed by atoms with Crippen molar-refractivity contribution < 1.29 is 0 Å². The Morgan fingerprint density at radius 1 is 0.737 bits per heavy atom. The first-order valence-electron chi connectivity index (χ1n) is 6.57. The first-order valence-corrected chi connectivity index (χ1v) is 7.33. The van der Waals surface area contributed by atoms with E-state index in [-0.39, 0.29) is 0 Å². The second-order valence-corrected chi connectivity index (χ2v) is 6.16. The van der Waals surface area contributed by atoms with Crippen molar-refractivity contribution in [2.24, 2.45) is 5.92 Å². The smallest absolute Gasteiger partial charge is 0.0406 e. The van der Waals surface area contributed by atoms with Crippen molar-refractivity contribution in [1.82, 2.24) is 0 Å². The summed E-state index contributed by atoms with van der Waals surface area (Å²) in [5, 5.41) is 1.56. The van der Waals surface area contributed by atoms with Gasteiger partial charge in [0.1, 0.15) is 0 Å².